The van der Waals surface area contributed by atoms with Gasteiger partial charge in [-0.25, -0.2) is 18.6 Å². The summed E-state index contributed by atoms with van der Waals surface area (Å²) in [7, 11) is -2.63. The summed E-state index contributed by atoms with van der Waals surface area (Å²) in [6, 6.07) is 12.6. The highest BCUT2D eigenvalue weighted by atomic mass is 32.2. The van der Waals surface area contributed by atoms with E-state index in [0.717, 1.165) is 5.56 Å². The van der Waals surface area contributed by atoms with E-state index < -0.39 is 39.2 Å². The Morgan fingerprint density at radius 2 is 1.57 bits per heavy atom. The number of hydrogen-bond donors (Lipinski definition) is 4. The Morgan fingerprint density at radius 1 is 0.967 bits per heavy atom. The van der Waals surface area contributed by atoms with E-state index in [-0.39, 0.29) is 0 Å². The lowest BCUT2D eigenvalue weighted by molar-refractivity contribution is -0.119. The van der Waals surface area contributed by atoms with Crippen molar-refractivity contribution in [3.8, 4) is 0 Å². The van der Waals surface area contributed by atoms with E-state index in [1.54, 1.807) is 43.3 Å². The lowest BCUT2D eigenvalue weighted by Crippen LogP contribution is -2.45. The third-order valence-corrected chi connectivity index (χ3v) is 6.44. The van der Waals surface area contributed by atoms with Crippen LogP contribution in [0.15, 0.2) is 48.5 Å². The van der Waals surface area contributed by atoms with Gasteiger partial charge in [-0.3, -0.25) is 14.9 Å². The molecule has 0 aliphatic carbocycles. The fraction of sp³-hybridized carbons (Fsp3) is 0.300. The maximum absolute atomic E-state index is 12.9. The van der Waals surface area contributed by atoms with E-state index in [2.05, 4.69) is 25.6 Å². The second kappa shape index (κ2) is 8.82. The molecule has 1 fully saturated rings. The van der Waals surface area contributed by atoms with Gasteiger partial charge < -0.3 is 10.1 Å². The zero-order valence-electron chi connectivity index (χ0n) is 16.8. The first-order valence-electron chi connectivity index (χ1n) is 9.30. The molecule has 4 N–H and O–H groups in total. The van der Waals surface area contributed by atoms with E-state index in [9.17, 15) is 18.0 Å². The number of anilines is 2. The monoisotopic (exact) mass is 432 g/mol. The average Bonchev–Trinajstić information content (AvgIpc) is 3.12. The number of ether oxygens (including phenoxy) is 1. The van der Waals surface area contributed by atoms with E-state index >= 15 is 0 Å². The molecule has 10 heteroatoms. The largest absolute Gasteiger partial charge is 0.465 e. The van der Waals surface area contributed by atoms with Crippen molar-refractivity contribution < 1.29 is 22.7 Å². The van der Waals surface area contributed by atoms with Gasteiger partial charge in [0.25, 0.3) is 10.0 Å². The van der Waals surface area contributed by atoms with Crippen LogP contribution in [0.25, 0.3) is 0 Å². The van der Waals surface area contributed by atoms with Crippen LogP contribution in [0, 0.1) is 12.8 Å². The van der Waals surface area contributed by atoms with E-state index in [0.29, 0.717) is 16.9 Å². The van der Waals surface area contributed by atoms with Crippen molar-refractivity contribution >= 4 is 33.3 Å². The number of sulfonamides is 1. The highest BCUT2D eigenvalue weighted by Crippen LogP contribution is 2.24. The molecular formula is C20H24N4O5S. The molecule has 2 aromatic rings. The molecule has 0 radical (unpaired) electrons. The van der Waals surface area contributed by atoms with Crippen molar-refractivity contribution in [2.75, 3.05) is 17.1 Å². The number of methoxy groups -OCH3 is 1. The molecule has 0 bridgehead atoms. The number of carbonyl (C=O) groups is 2. The molecule has 0 aromatic heterocycles. The van der Waals surface area contributed by atoms with Gasteiger partial charge >= 0.3 is 5.97 Å². The topological polar surface area (TPSA) is 126 Å². The number of carbonyl (C=O) groups excluding carboxylic acids is 2. The van der Waals surface area contributed by atoms with E-state index in [4.69, 9.17) is 0 Å². The summed E-state index contributed by atoms with van der Waals surface area (Å²) in [6.45, 7) is 3.62. The van der Waals surface area contributed by atoms with Gasteiger partial charge in [-0.2, -0.15) is 0 Å². The number of rotatable bonds is 6. The molecule has 30 heavy (non-hydrogen) atoms. The standard InChI is InChI=1S/C20H24N4O5S/c1-12-4-8-16(9-5-12)24-30(27,28)19-17(13(2)22-23-19)18(25)21-15-10-6-14(7-11-15)20(26)29-3/h4-11,13,17,19,22-24H,1-3H3,(H,21,25). The normalized spacial score (nSPS) is 21.1. The number of hydrazine groups is 1. The number of nitrogens with one attached hydrogen (secondary N) is 4. The Bertz CT molecular complexity index is 1020. The molecule has 3 rings (SSSR count). The van der Waals surface area contributed by atoms with Crippen LogP contribution in [-0.2, 0) is 19.6 Å². The second-order valence-electron chi connectivity index (χ2n) is 7.10. The van der Waals surface area contributed by atoms with E-state index in [1.807, 2.05) is 6.92 Å². The van der Waals surface area contributed by atoms with Crippen LogP contribution in [0.1, 0.15) is 22.8 Å². The summed E-state index contributed by atoms with van der Waals surface area (Å²) >= 11 is 0. The third-order valence-electron chi connectivity index (χ3n) is 4.84. The molecule has 3 unspecified atom stereocenters. The van der Waals surface area contributed by atoms with Crippen molar-refractivity contribution in [2.45, 2.75) is 25.3 Å². The average molecular weight is 433 g/mol. The Kier molecular flexibility index (Phi) is 6.40. The summed E-state index contributed by atoms with van der Waals surface area (Å²) in [5, 5.41) is 1.53. The van der Waals surface area contributed by atoms with Gasteiger partial charge in [0.2, 0.25) is 5.91 Å². The van der Waals surface area contributed by atoms with Gasteiger partial charge in [0.15, 0.2) is 5.37 Å². The molecule has 0 spiro atoms. The lowest BCUT2D eigenvalue weighted by atomic mass is 10.0. The zero-order chi connectivity index (χ0) is 21.9. The van der Waals surface area contributed by atoms with Crippen LogP contribution in [0.3, 0.4) is 0 Å². The molecule has 9 nitrogen and oxygen atoms in total. The molecule has 1 amide bonds. The van der Waals surface area contributed by atoms with Crippen LogP contribution < -0.4 is 20.9 Å². The lowest BCUT2D eigenvalue weighted by Gasteiger charge is -2.21. The Hall–Kier alpha value is -2.95. The maximum atomic E-state index is 12.9. The van der Waals surface area contributed by atoms with Crippen molar-refractivity contribution in [2.24, 2.45) is 5.92 Å². The number of hydrogen-bond acceptors (Lipinski definition) is 7. The molecule has 1 saturated heterocycles. The first-order valence-corrected chi connectivity index (χ1v) is 10.8. The van der Waals surface area contributed by atoms with Gasteiger partial charge in [0.05, 0.1) is 18.6 Å². The van der Waals surface area contributed by atoms with Crippen molar-refractivity contribution in [1.29, 1.82) is 0 Å². The zero-order valence-corrected chi connectivity index (χ0v) is 17.6. The Labute approximate surface area is 175 Å². The SMILES string of the molecule is COC(=O)c1ccc(NC(=O)C2C(C)NNC2S(=O)(=O)Nc2ccc(C)cc2)cc1. The first-order chi connectivity index (χ1) is 14.2. The van der Waals surface area contributed by atoms with Crippen LogP contribution in [0.2, 0.25) is 0 Å². The van der Waals surface area contributed by atoms with Gasteiger partial charge in [0.1, 0.15) is 0 Å². The van der Waals surface area contributed by atoms with Crippen molar-refractivity contribution in [1.82, 2.24) is 10.9 Å². The van der Waals surface area contributed by atoms with E-state index in [1.165, 1.54) is 19.2 Å². The quantitative estimate of drug-likeness (QED) is 0.511. The molecule has 2 aromatic carbocycles. The first kappa shape index (κ1) is 21.8. The van der Waals surface area contributed by atoms with Crippen molar-refractivity contribution in [3.05, 3.63) is 59.7 Å². The predicted molar refractivity (Wildman–Crippen MR) is 113 cm³/mol. The van der Waals surface area contributed by atoms with Crippen LogP contribution in [0.4, 0.5) is 11.4 Å². The Balaban J connectivity index is 1.74. The van der Waals surface area contributed by atoms with Gasteiger partial charge in [-0.1, -0.05) is 17.7 Å². The minimum Gasteiger partial charge on any atom is -0.465 e. The number of aryl methyl sites for hydroxylation is 1. The molecule has 3 atom stereocenters. The highest BCUT2D eigenvalue weighted by molar-refractivity contribution is 7.93. The number of amides is 1. The summed E-state index contributed by atoms with van der Waals surface area (Å²) in [5.41, 5.74) is 7.73. The number of benzene rings is 2. The maximum Gasteiger partial charge on any atom is 0.337 e. The second-order valence-corrected chi connectivity index (χ2v) is 8.90. The van der Waals surface area contributed by atoms with Crippen LogP contribution in [-0.4, -0.2) is 38.8 Å². The molecule has 160 valence electrons. The smallest absolute Gasteiger partial charge is 0.337 e. The van der Waals surface area contributed by atoms with Crippen LogP contribution >= 0.6 is 0 Å². The molecule has 1 heterocycles. The van der Waals surface area contributed by atoms with Crippen LogP contribution in [0.5, 0.6) is 0 Å². The fourth-order valence-corrected chi connectivity index (χ4v) is 4.73. The highest BCUT2D eigenvalue weighted by Gasteiger charge is 2.46. The van der Waals surface area contributed by atoms with Gasteiger partial charge in [-0.15, -0.1) is 0 Å². The van der Waals surface area contributed by atoms with Crippen molar-refractivity contribution in [3.63, 3.8) is 0 Å². The van der Waals surface area contributed by atoms with Gasteiger partial charge in [0, 0.05) is 17.4 Å². The molecular weight excluding hydrogens is 408 g/mol. The summed E-state index contributed by atoms with van der Waals surface area (Å²) in [5.74, 6) is -1.85. The minimum atomic E-state index is -3.91. The predicted octanol–water partition coefficient (Wildman–Crippen LogP) is 1.60. The number of esters is 1. The third kappa shape index (κ3) is 4.78. The summed E-state index contributed by atoms with van der Waals surface area (Å²) in [6.07, 6.45) is 0. The molecule has 1 aliphatic rings. The molecule has 0 saturated carbocycles. The summed E-state index contributed by atoms with van der Waals surface area (Å²) in [4.78, 5) is 24.4. The Morgan fingerprint density at radius 3 is 2.17 bits per heavy atom. The summed E-state index contributed by atoms with van der Waals surface area (Å²) < 4.78 is 33.0. The van der Waals surface area contributed by atoms with Gasteiger partial charge in [-0.05, 0) is 50.2 Å². The fourth-order valence-electron chi connectivity index (χ4n) is 3.17. The molecule has 1 aliphatic heterocycles. The minimum absolute atomic E-state index is 0.343.